The Morgan fingerprint density at radius 1 is 1.36 bits per heavy atom. The maximum Gasteiger partial charge on any atom is 0.0807 e. The van der Waals surface area contributed by atoms with Gasteiger partial charge in [0.15, 0.2) is 0 Å². The molecule has 0 aliphatic heterocycles. The van der Waals surface area contributed by atoms with Crippen LogP contribution in [0.5, 0.6) is 0 Å². The molecule has 0 fully saturated rings. The van der Waals surface area contributed by atoms with Gasteiger partial charge in [0.2, 0.25) is 0 Å². The molecule has 2 nitrogen and oxygen atoms in total. The summed E-state index contributed by atoms with van der Waals surface area (Å²) in [4.78, 5) is 8.55. The van der Waals surface area contributed by atoms with E-state index < -0.39 is 8.07 Å². The molecule has 0 bridgehead atoms. The number of hydrogen-bond donors (Lipinski definition) is 0. The molecular formula is C11H18N2Si. The zero-order valence-corrected chi connectivity index (χ0v) is 10.2. The van der Waals surface area contributed by atoms with Crippen LogP contribution in [0.1, 0.15) is 5.69 Å². The zero-order chi connectivity index (χ0) is 10.4. The molecule has 14 heavy (non-hydrogen) atoms. The van der Waals surface area contributed by atoms with Crippen LogP contribution < -0.4 is 0 Å². The van der Waals surface area contributed by atoms with Gasteiger partial charge in [-0.3, -0.25) is 9.98 Å². The van der Waals surface area contributed by atoms with E-state index in [1.165, 1.54) is 6.04 Å². The summed E-state index contributed by atoms with van der Waals surface area (Å²) in [6, 6.07) is 7.11. The SMILES string of the molecule is C[Si](C)(C)CC/N=C/c1ccccn1. The molecule has 1 heterocycles. The van der Waals surface area contributed by atoms with Gasteiger partial charge in [-0.05, 0) is 18.2 Å². The van der Waals surface area contributed by atoms with Crippen LogP contribution in [0.25, 0.3) is 0 Å². The fraction of sp³-hybridized carbons (Fsp3) is 0.455. The van der Waals surface area contributed by atoms with Gasteiger partial charge in [-0.2, -0.15) is 0 Å². The zero-order valence-electron chi connectivity index (χ0n) is 9.20. The second-order valence-electron chi connectivity index (χ2n) is 4.60. The number of aromatic nitrogens is 1. The van der Waals surface area contributed by atoms with Crippen molar-refractivity contribution in [3.05, 3.63) is 30.1 Å². The summed E-state index contributed by atoms with van der Waals surface area (Å²) in [6.45, 7) is 8.03. The molecule has 0 atom stereocenters. The Bertz CT molecular complexity index is 288. The van der Waals surface area contributed by atoms with Crippen LogP contribution in [-0.4, -0.2) is 25.8 Å². The van der Waals surface area contributed by atoms with E-state index in [2.05, 4.69) is 29.6 Å². The minimum absolute atomic E-state index is 0.930. The summed E-state index contributed by atoms with van der Waals surface area (Å²) >= 11 is 0. The van der Waals surface area contributed by atoms with Gasteiger partial charge in [0.25, 0.3) is 0 Å². The minimum atomic E-state index is -0.930. The number of hydrogen-bond acceptors (Lipinski definition) is 2. The Morgan fingerprint density at radius 3 is 2.71 bits per heavy atom. The first-order chi connectivity index (χ1) is 6.58. The molecule has 0 spiro atoms. The number of rotatable bonds is 4. The van der Waals surface area contributed by atoms with Crippen molar-refractivity contribution in [1.29, 1.82) is 0 Å². The Balaban J connectivity index is 2.35. The molecule has 1 aromatic rings. The van der Waals surface area contributed by atoms with Crippen LogP contribution in [0.15, 0.2) is 29.4 Å². The van der Waals surface area contributed by atoms with Gasteiger partial charge in [-0.1, -0.05) is 25.7 Å². The van der Waals surface area contributed by atoms with Crippen LogP contribution >= 0.6 is 0 Å². The summed E-state index contributed by atoms with van der Waals surface area (Å²) in [5.41, 5.74) is 0.947. The fourth-order valence-electron chi connectivity index (χ4n) is 1.01. The summed E-state index contributed by atoms with van der Waals surface area (Å²) in [5.74, 6) is 0. The second kappa shape index (κ2) is 5.05. The van der Waals surface area contributed by atoms with Crippen molar-refractivity contribution in [2.45, 2.75) is 25.7 Å². The molecule has 0 radical (unpaired) electrons. The van der Waals surface area contributed by atoms with Crippen molar-refractivity contribution < 1.29 is 0 Å². The highest BCUT2D eigenvalue weighted by atomic mass is 28.3. The van der Waals surface area contributed by atoms with Crippen molar-refractivity contribution >= 4 is 14.3 Å². The van der Waals surface area contributed by atoms with Crippen molar-refractivity contribution in [2.24, 2.45) is 4.99 Å². The lowest BCUT2D eigenvalue weighted by atomic mass is 10.4. The fourth-order valence-corrected chi connectivity index (χ4v) is 1.81. The number of aliphatic imine (C=N–C) groups is 1. The molecule has 1 rings (SSSR count). The molecule has 76 valence electrons. The second-order valence-corrected chi connectivity index (χ2v) is 10.2. The molecule has 0 aliphatic rings. The van der Waals surface area contributed by atoms with Crippen LogP contribution in [0, 0.1) is 0 Å². The van der Waals surface area contributed by atoms with Gasteiger partial charge < -0.3 is 0 Å². The van der Waals surface area contributed by atoms with E-state index in [9.17, 15) is 0 Å². The van der Waals surface area contributed by atoms with Crippen molar-refractivity contribution in [3.63, 3.8) is 0 Å². The molecule has 0 N–H and O–H groups in total. The normalized spacial score (nSPS) is 12.2. The molecule has 0 amide bonds. The van der Waals surface area contributed by atoms with E-state index in [1.807, 2.05) is 24.4 Å². The Labute approximate surface area is 87.1 Å². The quantitative estimate of drug-likeness (QED) is 0.549. The third-order valence-corrected chi connectivity index (χ3v) is 3.63. The van der Waals surface area contributed by atoms with E-state index in [0.717, 1.165) is 12.2 Å². The van der Waals surface area contributed by atoms with E-state index >= 15 is 0 Å². The average molecular weight is 206 g/mol. The standard InChI is InChI=1S/C11H18N2Si/c1-14(2,3)9-8-12-10-11-6-4-5-7-13-11/h4-7,10H,8-9H2,1-3H3/b12-10+. The molecule has 0 saturated carbocycles. The van der Waals surface area contributed by atoms with Crippen molar-refractivity contribution in [2.75, 3.05) is 6.54 Å². The molecule has 0 aliphatic carbocycles. The van der Waals surface area contributed by atoms with Gasteiger partial charge >= 0.3 is 0 Å². The van der Waals surface area contributed by atoms with E-state index in [-0.39, 0.29) is 0 Å². The van der Waals surface area contributed by atoms with Crippen LogP contribution in [-0.2, 0) is 0 Å². The number of nitrogens with zero attached hydrogens (tertiary/aromatic N) is 2. The predicted molar refractivity (Wildman–Crippen MR) is 64.9 cm³/mol. The topological polar surface area (TPSA) is 25.2 Å². The lowest BCUT2D eigenvalue weighted by Gasteiger charge is -2.12. The maximum atomic E-state index is 4.37. The molecule has 0 unspecified atom stereocenters. The molecule has 1 aromatic heterocycles. The van der Waals surface area contributed by atoms with Gasteiger partial charge in [0, 0.05) is 27.0 Å². The van der Waals surface area contributed by atoms with E-state index in [0.29, 0.717) is 0 Å². The predicted octanol–water partition coefficient (Wildman–Crippen LogP) is 2.84. The molecule has 3 heteroatoms. The first-order valence-electron chi connectivity index (χ1n) is 4.99. The highest BCUT2D eigenvalue weighted by Gasteiger charge is 2.10. The molecule has 0 saturated heterocycles. The van der Waals surface area contributed by atoms with Crippen molar-refractivity contribution in [3.8, 4) is 0 Å². The van der Waals surface area contributed by atoms with E-state index in [1.54, 1.807) is 6.20 Å². The van der Waals surface area contributed by atoms with Gasteiger partial charge in [0.05, 0.1) is 5.69 Å². The lowest BCUT2D eigenvalue weighted by molar-refractivity contribution is 1.09. The third-order valence-electron chi connectivity index (χ3n) is 1.90. The van der Waals surface area contributed by atoms with Crippen LogP contribution in [0.3, 0.4) is 0 Å². The Kier molecular flexibility index (Phi) is 4.01. The Morgan fingerprint density at radius 2 is 2.14 bits per heavy atom. The highest BCUT2D eigenvalue weighted by Crippen LogP contribution is 2.07. The summed E-state index contributed by atoms with van der Waals surface area (Å²) in [5, 5.41) is 0. The van der Waals surface area contributed by atoms with Gasteiger partial charge in [-0.15, -0.1) is 0 Å². The van der Waals surface area contributed by atoms with Gasteiger partial charge in [-0.25, -0.2) is 0 Å². The molecular weight excluding hydrogens is 188 g/mol. The molecule has 0 aromatic carbocycles. The third kappa shape index (κ3) is 4.92. The van der Waals surface area contributed by atoms with Crippen LogP contribution in [0.2, 0.25) is 25.7 Å². The smallest absolute Gasteiger partial charge is 0.0807 e. The summed E-state index contributed by atoms with van der Waals surface area (Å²) in [6.07, 6.45) is 3.65. The first-order valence-corrected chi connectivity index (χ1v) is 8.69. The summed E-state index contributed by atoms with van der Waals surface area (Å²) in [7, 11) is -0.930. The highest BCUT2D eigenvalue weighted by molar-refractivity contribution is 6.76. The van der Waals surface area contributed by atoms with Crippen LogP contribution in [0.4, 0.5) is 0 Å². The van der Waals surface area contributed by atoms with E-state index in [4.69, 9.17) is 0 Å². The minimum Gasteiger partial charge on any atom is -0.291 e. The maximum absolute atomic E-state index is 4.37. The summed E-state index contributed by atoms with van der Waals surface area (Å²) < 4.78 is 0. The Hall–Kier alpha value is -0.963. The first kappa shape index (κ1) is 11.1. The largest absolute Gasteiger partial charge is 0.291 e. The van der Waals surface area contributed by atoms with Crippen molar-refractivity contribution in [1.82, 2.24) is 4.98 Å². The lowest BCUT2D eigenvalue weighted by Crippen LogP contribution is -2.20. The monoisotopic (exact) mass is 206 g/mol. The van der Waals surface area contributed by atoms with Gasteiger partial charge in [0.1, 0.15) is 0 Å². The number of pyridine rings is 1. The average Bonchev–Trinajstić information content (AvgIpc) is 2.13.